The minimum absolute atomic E-state index is 0.189. The van der Waals surface area contributed by atoms with Crippen molar-refractivity contribution in [3.8, 4) is 0 Å². The number of nitrogens with zero attached hydrogens (tertiary/aromatic N) is 4. The topological polar surface area (TPSA) is 86.4 Å². The molecule has 144 valence electrons. The second kappa shape index (κ2) is 7.57. The molecule has 0 radical (unpaired) electrons. The molecule has 2 aromatic heterocycles. The van der Waals surface area contributed by atoms with E-state index in [1.165, 1.54) is 0 Å². The maximum atomic E-state index is 12.1. The van der Waals surface area contributed by atoms with Gasteiger partial charge in [0.2, 0.25) is 0 Å². The second-order valence-corrected chi connectivity index (χ2v) is 7.93. The Morgan fingerprint density at radius 3 is 2.74 bits per heavy atom. The summed E-state index contributed by atoms with van der Waals surface area (Å²) in [6.07, 6.45) is 5.07. The molecular weight excluding hydrogens is 412 g/mol. The number of hydrogen-bond acceptors (Lipinski definition) is 7. The summed E-state index contributed by atoms with van der Waals surface area (Å²) in [6, 6.07) is 0.932. The van der Waals surface area contributed by atoms with Crippen LogP contribution in [0.1, 0.15) is 12.5 Å². The molecule has 2 aliphatic rings. The van der Waals surface area contributed by atoms with Crippen molar-refractivity contribution in [3.05, 3.63) is 39.0 Å². The maximum absolute atomic E-state index is 12.1. The average Bonchev–Trinajstić information content (AvgIpc) is 2.61. The number of aromatic nitrogens is 3. The zero-order chi connectivity index (χ0) is 19.0. The van der Waals surface area contributed by atoms with Crippen LogP contribution in [0.3, 0.4) is 0 Å². The first-order valence-corrected chi connectivity index (χ1v) is 9.87. The Morgan fingerprint density at radius 1 is 1.30 bits per heavy atom. The minimum Gasteiger partial charge on any atom is -0.378 e. The SMILES string of the molecule is Cc1c(Br)c[nH]c(=O)c1Nc1cnc(N2CCN(C3COC3)C[C@@H]2C)cn1. The Kier molecular flexibility index (Phi) is 5.16. The predicted molar refractivity (Wildman–Crippen MR) is 108 cm³/mol. The zero-order valence-electron chi connectivity index (χ0n) is 15.4. The van der Waals surface area contributed by atoms with Crippen LogP contribution in [0.4, 0.5) is 17.3 Å². The number of nitrogens with one attached hydrogen (secondary N) is 2. The third kappa shape index (κ3) is 3.71. The molecule has 0 unspecified atom stereocenters. The van der Waals surface area contributed by atoms with Gasteiger partial charge in [-0.15, -0.1) is 0 Å². The Labute approximate surface area is 166 Å². The van der Waals surface area contributed by atoms with Gasteiger partial charge in [-0.1, -0.05) is 0 Å². The number of H-pyrrole nitrogens is 1. The molecule has 2 fully saturated rings. The summed E-state index contributed by atoms with van der Waals surface area (Å²) in [4.78, 5) is 28.6. The van der Waals surface area contributed by atoms with Crippen molar-refractivity contribution < 1.29 is 4.74 Å². The van der Waals surface area contributed by atoms with E-state index in [2.05, 4.69) is 52.9 Å². The van der Waals surface area contributed by atoms with Gasteiger partial charge in [-0.2, -0.15) is 0 Å². The number of halogens is 1. The number of anilines is 3. The number of piperazine rings is 1. The highest BCUT2D eigenvalue weighted by Crippen LogP contribution is 2.24. The van der Waals surface area contributed by atoms with Crippen LogP contribution in [0.25, 0.3) is 0 Å². The van der Waals surface area contributed by atoms with Gasteiger partial charge in [-0.05, 0) is 35.3 Å². The van der Waals surface area contributed by atoms with Crippen molar-refractivity contribution in [2.75, 3.05) is 43.1 Å². The van der Waals surface area contributed by atoms with E-state index in [1.54, 1.807) is 18.6 Å². The molecule has 2 N–H and O–H groups in total. The van der Waals surface area contributed by atoms with Crippen LogP contribution in [0.5, 0.6) is 0 Å². The summed E-state index contributed by atoms with van der Waals surface area (Å²) < 4.78 is 6.14. The third-order valence-corrected chi connectivity index (χ3v) is 6.10. The molecule has 0 amide bonds. The lowest BCUT2D eigenvalue weighted by atomic mass is 10.1. The molecule has 1 atom stereocenters. The molecular formula is C18H23BrN6O2. The summed E-state index contributed by atoms with van der Waals surface area (Å²) in [6.45, 7) is 8.71. The van der Waals surface area contributed by atoms with Gasteiger partial charge in [-0.25, -0.2) is 9.97 Å². The second-order valence-electron chi connectivity index (χ2n) is 7.08. The predicted octanol–water partition coefficient (Wildman–Crippen LogP) is 1.89. The molecule has 0 saturated carbocycles. The summed E-state index contributed by atoms with van der Waals surface area (Å²) in [5, 5.41) is 3.07. The fraction of sp³-hybridized carbons (Fsp3) is 0.500. The van der Waals surface area contributed by atoms with Gasteiger partial charge >= 0.3 is 0 Å². The van der Waals surface area contributed by atoms with Crippen LogP contribution < -0.4 is 15.8 Å². The molecule has 2 saturated heterocycles. The fourth-order valence-corrected chi connectivity index (χ4v) is 3.82. The lowest BCUT2D eigenvalue weighted by molar-refractivity contribution is -0.0692. The van der Waals surface area contributed by atoms with Gasteiger partial charge in [-0.3, -0.25) is 9.69 Å². The van der Waals surface area contributed by atoms with Crippen molar-refractivity contribution in [1.29, 1.82) is 0 Å². The van der Waals surface area contributed by atoms with E-state index in [0.29, 0.717) is 23.6 Å². The lowest BCUT2D eigenvalue weighted by Gasteiger charge is -2.46. The molecule has 27 heavy (non-hydrogen) atoms. The van der Waals surface area contributed by atoms with E-state index in [-0.39, 0.29) is 5.56 Å². The fourth-order valence-electron chi connectivity index (χ4n) is 3.50. The van der Waals surface area contributed by atoms with Gasteiger partial charge in [0.15, 0.2) is 0 Å². The first-order valence-electron chi connectivity index (χ1n) is 9.08. The molecule has 9 heteroatoms. The quantitative estimate of drug-likeness (QED) is 0.759. The molecule has 2 aliphatic heterocycles. The van der Waals surface area contributed by atoms with E-state index in [4.69, 9.17) is 4.74 Å². The van der Waals surface area contributed by atoms with Crippen LogP contribution in [-0.4, -0.2) is 64.8 Å². The summed E-state index contributed by atoms with van der Waals surface area (Å²) in [5.41, 5.74) is 1.11. The number of pyridine rings is 1. The van der Waals surface area contributed by atoms with Crippen LogP contribution in [0.2, 0.25) is 0 Å². The van der Waals surface area contributed by atoms with Gasteiger partial charge in [0, 0.05) is 36.3 Å². The highest BCUT2D eigenvalue weighted by atomic mass is 79.9. The molecule has 0 aliphatic carbocycles. The standard InChI is InChI=1S/C18H23BrN6O2/c1-11-8-24(13-9-27-10-13)3-4-25(11)16-7-20-15(6-21-16)23-17-12(2)14(19)5-22-18(17)26/h5-7,11,13H,3-4,8-10H2,1-2H3,(H,20,23)(H,22,26)/t11-/m0/s1. The van der Waals surface area contributed by atoms with Gasteiger partial charge < -0.3 is 19.9 Å². The third-order valence-electron chi connectivity index (χ3n) is 5.27. The van der Waals surface area contributed by atoms with Crippen molar-refractivity contribution in [2.24, 2.45) is 0 Å². The van der Waals surface area contributed by atoms with E-state index >= 15 is 0 Å². The summed E-state index contributed by atoms with van der Waals surface area (Å²) in [5.74, 6) is 1.40. The highest BCUT2D eigenvalue weighted by Gasteiger charge is 2.32. The Hall–Kier alpha value is -1.97. The smallest absolute Gasteiger partial charge is 0.272 e. The van der Waals surface area contributed by atoms with E-state index < -0.39 is 0 Å². The van der Waals surface area contributed by atoms with Gasteiger partial charge in [0.25, 0.3) is 5.56 Å². The van der Waals surface area contributed by atoms with E-state index in [1.807, 2.05) is 6.92 Å². The molecule has 0 aromatic carbocycles. The summed E-state index contributed by atoms with van der Waals surface area (Å²) >= 11 is 3.42. The van der Waals surface area contributed by atoms with Gasteiger partial charge in [0.1, 0.15) is 17.3 Å². The first kappa shape index (κ1) is 18.4. The van der Waals surface area contributed by atoms with Crippen molar-refractivity contribution in [1.82, 2.24) is 19.9 Å². The average molecular weight is 435 g/mol. The lowest BCUT2D eigenvalue weighted by Crippen LogP contribution is -2.59. The van der Waals surface area contributed by atoms with Crippen LogP contribution in [0.15, 0.2) is 27.9 Å². The molecule has 8 nitrogen and oxygen atoms in total. The number of hydrogen-bond donors (Lipinski definition) is 2. The zero-order valence-corrected chi connectivity index (χ0v) is 17.0. The van der Waals surface area contributed by atoms with Crippen molar-refractivity contribution >= 4 is 33.3 Å². The Morgan fingerprint density at radius 2 is 2.11 bits per heavy atom. The number of rotatable bonds is 4. The largest absolute Gasteiger partial charge is 0.378 e. The van der Waals surface area contributed by atoms with Crippen LogP contribution >= 0.6 is 15.9 Å². The Balaban J connectivity index is 1.45. The van der Waals surface area contributed by atoms with Crippen molar-refractivity contribution in [2.45, 2.75) is 25.9 Å². The normalized spacial score (nSPS) is 21.1. The first-order chi connectivity index (χ1) is 13.0. The number of ether oxygens (including phenoxy) is 1. The van der Waals surface area contributed by atoms with Gasteiger partial charge in [0.05, 0.1) is 31.6 Å². The maximum Gasteiger partial charge on any atom is 0.272 e. The molecule has 0 bridgehead atoms. The molecule has 0 spiro atoms. The Bertz CT molecular complexity index is 867. The van der Waals surface area contributed by atoms with Crippen molar-refractivity contribution in [3.63, 3.8) is 0 Å². The van der Waals surface area contributed by atoms with Crippen LogP contribution in [0, 0.1) is 6.92 Å². The minimum atomic E-state index is -0.189. The summed E-state index contributed by atoms with van der Waals surface area (Å²) in [7, 11) is 0. The molecule has 4 heterocycles. The number of aromatic amines is 1. The monoisotopic (exact) mass is 434 g/mol. The van der Waals surface area contributed by atoms with E-state index in [0.717, 1.165) is 48.7 Å². The molecule has 4 rings (SSSR count). The molecule has 2 aromatic rings. The van der Waals surface area contributed by atoms with E-state index in [9.17, 15) is 4.79 Å². The highest BCUT2D eigenvalue weighted by molar-refractivity contribution is 9.10. The van der Waals surface area contributed by atoms with Crippen LogP contribution in [-0.2, 0) is 4.74 Å².